The van der Waals surface area contributed by atoms with E-state index in [1.165, 1.54) is 13.0 Å². The summed E-state index contributed by atoms with van der Waals surface area (Å²) in [4.78, 5) is 26.5. The second-order valence-corrected chi connectivity index (χ2v) is 3.83. The SMILES string of the molecule is CC(C(=O)O)N(C)C(=O)c1cccnc1C(F)(F)F. The molecule has 0 aromatic carbocycles. The van der Waals surface area contributed by atoms with Gasteiger partial charge in [-0.3, -0.25) is 9.78 Å². The van der Waals surface area contributed by atoms with E-state index in [-0.39, 0.29) is 0 Å². The van der Waals surface area contributed by atoms with Crippen LogP contribution in [0.1, 0.15) is 23.0 Å². The monoisotopic (exact) mass is 276 g/mol. The Hall–Kier alpha value is -2.12. The van der Waals surface area contributed by atoms with Crippen molar-refractivity contribution >= 4 is 11.9 Å². The summed E-state index contributed by atoms with van der Waals surface area (Å²) in [7, 11) is 1.12. The molecule has 1 heterocycles. The molecule has 104 valence electrons. The van der Waals surface area contributed by atoms with Gasteiger partial charge in [-0.15, -0.1) is 0 Å². The quantitative estimate of drug-likeness (QED) is 0.911. The molecular formula is C11H11F3N2O3. The van der Waals surface area contributed by atoms with Crippen LogP contribution >= 0.6 is 0 Å². The van der Waals surface area contributed by atoms with Crippen LogP contribution < -0.4 is 0 Å². The first-order chi connectivity index (χ1) is 8.66. The number of carboxylic acids is 1. The second kappa shape index (κ2) is 5.25. The van der Waals surface area contributed by atoms with E-state index >= 15 is 0 Å². The van der Waals surface area contributed by atoms with E-state index in [1.807, 2.05) is 0 Å². The van der Waals surface area contributed by atoms with Crippen molar-refractivity contribution in [1.82, 2.24) is 9.88 Å². The molecule has 1 amide bonds. The highest BCUT2D eigenvalue weighted by Crippen LogP contribution is 2.30. The molecule has 1 aromatic rings. The molecule has 0 bridgehead atoms. The number of carbonyl (C=O) groups is 2. The summed E-state index contributed by atoms with van der Waals surface area (Å²) in [5, 5.41) is 8.75. The van der Waals surface area contributed by atoms with Gasteiger partial charge in [-0.2, -0.15) is 13.2 Å². The molecule has 1 atom stereocenters. The summed E-state index contributed by atoms with van der Waals surface area (Å²) < 4.78 is 38.0. The number of hydrogen-bond donors (Lipinski definition) is 1. The molecule has 1 aromatic heterocycles. The van der Waals surface area contributed by atoms with Gasteiger partial charge in [0.1, 0.15) is 6.04 Å². The Morgan fingerprint density at radius 2 is 2.00 bits per heavy atom. The molecule has 0 spiro atoms. The van der Waals surface area contributed by atoms with Crippen LogP contribution in [0.15, 0.2) is 18.3 Å². The molecule has 0 saturated carbocycles. The Labute approximate surface area is 106 Å². The van der Waals surface area contributed by atoms with Gasteiger partial charge in [0.2, 0.25) is 0 Å². The van der Waals surface area contributed by atoms with Gasteiger partial charge >= 0.3 is 12.1 Å². The van der Waals surface area contributed by atoms with Crippen LogP contribution in [-0.2, 0) is 11.0 Å². The number of rotatable bonds is 3. The van der Waals surface area contributed by atoms with Gasteiger partial charge in [-0.05, 0) is 19.1 Å². The third kappa shape index (κ3) is 3.21. The van der Waals surface area contributed by atoms with E-state index in [4.69, 9.17) is 5.11 Å². The van der Waals surface area contributed by atoms with Gasteiger partial charge in [0.25, 0.3) is 5.91 Å². The molecule has 0 aliphatic rings. The fourth-order valence-corrected chi connectivity index (χ4v) is 1.34. The van der Waals surface area contributed by atoms with Crippen molar-refractivity contribution in [2.45, 2.75) is 19.1 Å². The zero-order valence-electron chi connectivity index (χ0n) is 10.1. The molecule has 1 unspecified atom stereocenters. The van der Waals surface area contributed by atoms with Gasteiger partial charge in [0.15, 0.2) is 5.69 Å². The lowest BCUT2D eigenvalue weighted by molar-refractivity contribution is -0.141. The second-order valence-electron chi connectivity index (χ2n) is 3.83. The molecule has 0 aliphatic heterocycles. The lowest BCUT2D eigenvalue weighted by Gasteiger charge is -2.22. The number of carboxylic acid groups (broad SMARTS) is 1. The normalized spacial score (nSPS) is 12.9. The molecule has 0 radical (unpaired) electrons. The fourth-order valence-electron chi connectivity index (χ4n) is 1.34. The van der Waals surface area contributed by atoms with Gasteiger partial charge in [-0.25, -0.2) is 4.79 Å². The first-order valence-corrected chi connectivity index (χ1v) is 5.18. The highest BCUT2D eigenvalue weighted by Gasteiger charge is 2.38. The number of likely N-dealkylation sites (N-methyl/N-ethyl adjacent to an activating group) is 1. The summed E-state index contributed by atoms with van der Waals surface area (Å²) >= 11 is 0. The first-order valence-electron chi connectivity index (χ1n) is 5.18. The molecule has 1 N–H and O–H groups in total. The maximum Gasteiger partial charge on any atom is 0.434 e. The highest BCUT2D eigenvalue weighted by molar-refractivity contribution is 5.97. The Morgan fingerprint density at radius 1 is 1.42 bits per heavy atom. The van der Waals surface area contributed by atoms with Gasteiger partial charge in [0, 0.05) is 13.2 Å². The average Bonchev–Trinajstić information content (AvgIpc) is 2.35. The third-order valence-electron chi connectivity index (χ3n) is 2.57. The van der Waals surface area contributed by atoms with Gasteiger partial charge in [-0.1, -0.05) is 0 Å². The number of aliphatic carboxylic acids is 1. The number of amides is 1. The van der Waals surface area contributed by atoms with Crippen molar-refractivity contribution in [3.05, 3.63) is 29.6 Å². The number of aromatic nitrogens is 1. The Balaban J connectivity index is 3.17. The molecule has 8 heteroatoms. The fraction of sp³-hybridized carbons (Fsp3) is 0.364. The summed E-state index contributed by atoms with van der Waals surface area (Å²) in [5.41, 5.74) is -2.00. The standard InChI is InChI=1S/C11H11F3N2O3/c1-6(10(18)19)16(2)9(17)7-4-3-5-15-8(7)11(12,13)14/h3-6H,1-2H3,(H,18,19). The van der Waals surface area contributed by atoms with Gasteiger partial charge in [0.05, 0.1) is 5.56 Å². The van der Waals surface area contributed by atoms with Crippen molar-refractivity contribution in [1.29, 1.82) is 0 Å². The highest BCUT2D eigenvalue weighted by atomic mass is 19.4. The molecule has 19 heavy (non-hydrogen) atoms. The maximum atomic E-state index is 12.7. The zero-order valence-corrected chi connectivity index (χ0v) is 10.1. The molecular weight excluding hydrogens is 265 g/mol. The largest absolute Gasteiger partial charge is 0.480 e. The van der Waals surface area contributed by atoms with Crippen molar-refractivity contribution in [2.24, 2.45) is 0 Å². The molecule has 5 nitrogen and oxygen atoms in total. The Morgan fingerprint density at radius 3 is 2.47 bits per heavy atom. The van der Waals surface area contributed by atoms with Crippen molar-refractivity contribution in [3.8, 4) is 0 Å². The van der Waals surface area contributed by atoms with Crippen LogP contribution in [0, 0.1) is 0 Å². The first kappa shape index (κ1) is 14.9. The smallest absolute Gasteiger partial charge is 0.434 e. The van der Waals surface area contributed by atoms with E-state index in [1.54, 1.807) is 0 Å². The predicted octanol–water partition coefficient (Wildman–Crippen LogP) is 1.65. The minimum Gasteiger partial charge on any atom is -0.480 e. The van der Waals surface area contributed by atoms with E-state index in [2.05, 4.69) is 4.98 Å². The van der Waals surface area contributed by atoms with Crippen LogP contribution in [0.2, 0.25) is 0 Å². The lowest BCUT2D eigenvalue weighted by atomic mass is 10.1. The van der Waals surface area contributed by atoms with E-state index in [0.717, 1.165) is 19.3 Å². The molecule has 0 aliphatic carbocycles. The van der Waals surface area contributed by atoms with E-state index in [0.29, 0.717) is 4.90 Å². The van der Waals surface area contributed by atoms with E-state index in [9.17, 15) is 22.8 Å². The number of alkyl halides is 3. The number of pyridine rings is 1. The third-order valence-corrected chi connectivity index (χ3v) is 2.57. The van der Waals surface area contributed by atoms with Gasteiger partial charge < -0.3 is 10.0 Å². The van der Waals surface area contributed by atoms with Crippen LogP contribution in [0.3, 0.4) is 0 Å². The Kier molecular flexibility index (Phi) is 4.13. The van der Waals surface area contributed by atoms with Crippen LogP contribution in [0.25, 0.3) is 0 Å². The van der Waals surface area contributed by atoms with Crippen LogP contribution in [0.5, 0.6) is 0 Å². The summed E-state index contributed by atoms with van der Waals surface area (Å²) in [6, 6.07) is 0.902. The van der Waals surface area contributed by atoms with Crippen molar-refractivity contribution in [3.63, 3.8) is 0 Å². The average molecular weight is 276 g/mol. The number of halogens is 3. The minimum atomic E-state index is -4.78. The summed E-state index contributed by atoms with van der Waals surface area (Å²) in [6.07, 6.45) is -3.86. The molecule has 0 saturated heterocycles. The summed E-state index contributed by atoms with van der Waals surface area (Å²) in [5.74, 6) is -2.36. The molecule has 0 fully saturated rings. The van der Waals surface area contributed by atoms with E-state index < -0.39 is 35.4 Å². The lowest BCUT2D eigenvalue weighted by Crippen LogP contribution is -2.41. The minimum absolute atomic E-state index is 0.675. The van der Waals surface area contributed by atoms with Crippen LogP contribution in [-0.4, -0.2) is 40.0 Å². The number of nitrogens with zero attached hydrogens (tertiary/aromatic N) is 2. The number of carbonyl (C=O) groups excluding carboxylic acids is 1. The summed E-state index contributed by atoms with van der Waals surface area (Å²) in [6.45, 7) is 1.20. The van der Waals surface area contributed by atoms with Crippen molar-refractivity contribution < 1.29 is 27.9 Å². The maximum absolute atomic E-state index is 12.7. The topological polar surface area (TPSA) is 70.5 Å². The Bertz CT molecular complexity index is 502. The predicted molar refractivity (Wildman–Crippen MR) is 58.4 cm³/mol. The van der Waals surface area contributed by atoms with Crippen LogP contribution in [0.4, 0.5) is 13.2 Å². The zero-order chi connectivity index (χ0) is 14.8. The van der Waals surface area contributed by atoms with Crippen molar-refractivity contribution in [2.75, 3.05) is 7.05 Å². The number of hydrogen-bond acceptors (Lipinski definition) is 3. The molecule has 1 rings (SSSR count).